The Morgan fingerprint density at radius 3 is 2.88 bits per heavy atom. The van der Waals surface area contributed by atoms with Gasteiger partial charge in [-0.25, -0.2) is 0 Å². The molecule has 17 heavy (non-hydrogen) atoms. The SMILES string of the molecule is COc1ccc(Br)c(NCC2CCOCC2)c1. The van der Waals surface area contributed by atoms with E-state index in [4.69, 9.17) is 9.47 Å². The van der Waals surface area contributed by atoms with E-state index in [0.717, 1.165) is 48.5 Å². The predicted molar refractivity (Wildman–Crippen MR) is 72.7 cm³/mol. The summed E-state index contributed by atoms with van der Waals surface area (Å²) in [7, 11) is 1.69. The zero-order chi connectivity index (χ0) is 12.1. The van der Waals surface area contributed by atoms with Crippen molar-refractivity contribution in [1.82, 2.24) is 0 Å². The van der Waals surface area contributed by atoms with Crippen molar-refractivity contribution < 1.29 is 9.47 Å². The fraction of sp³-hybridized carbons (Fsp3) is 0.538. The van der Waals surface area contributed by atoms with Crippen molar-refractivity contribution in [2.75, 3.05) is 32.2 Å². The minimum atomic E-state index is 0.710. The number of anilines is 1. The second-order valence-corrected chi connectivity index (χ2v) is 5.14. The summed E-state index contributed by atoms with van der Waals surface area (Å²) in [6, 6.07) is 5.97. The van der Waals surface area contributed by atoms with Crippen LogP contribution >= 0.6 is 15.9 Å². The first kappa shape index (κ1) is 12.7. The Hall–Kier alpha value is -0.740. The first-order valence-corrected chi connectivity index (χ1v) is 6.74. The zero-order valence-corrected chi connectivity index (χ0v) is 11.6. The van der Waals surface area contributed by atoms with Crippen LogP contribution in [0.2, 0.25) is 0 Å². The van der Waals surface area contributed by atoms with Crippen LogP contribution in [-0.4, -0.2) is 26.9 Å². The first-order chi connectivity index (χ1) is 8.29. The van der Waals surface area contributed by atoms with E-state index in [1.54, 1.807) is 7.11 Å². The van der Waals surface area contributed by atoms with Crippen LogP contribution in [0, 0.1) is 5.92 Å². The number of ether oxygens (including phenoxy) is 2. The molecule has 0 unspecified atom stereocenters. The summed E-state index contributed by atoms with van der Waals surface area (Å²) in [4.78, 5) is 0. The predicted octanol–water partition coefficient (Wildman–Crippen LogP) is 3.30. The Morgan fingerprint density at radius 1 is 1.41 bits per heavy atom. The van der Waals surface area contributed by atoms with E-state index in [9.17, 15) is 0 Å². The quantitative estimate of drug-likeness (QED) is 0.925. The molecule has 1 heterocycles. The molecule has 0 aromatic heterocycles. The van der Waals surface area contributed by atoms with Crippen LogP contribution in [0.3, 0.4) is 0 Å². The number of hydrogen-bond donors (Lipinski definition) is 1. The Labute approximate surface area is 111 Å². The molecule has 1 fully saturated rings. The van der Waals surface area contributed by atoms with Gasteiger partial charge in [0.15, 0.2) is 0 Å². The summed E-state index contributed by atoms with van der Waals surface area (Å²) in [5.41, 5.74) is 1.09. The third-order valence-electron chi connectivity index (χ3n) is 3.10. The van der Waals surface area contributed by atoms with Gasteiger partial charge < -0.3 is 14.8 Å². The monoisotopic (exact) mass is 299 g/mol. The van der Waals surface area contributed by atoms with E-state index in [0.29, 0.717) is 5.92 Å². The van der Waals surface area contributed by atoms with Gasteiger partial charge in [-0.2, -0.15) is 0 Å². The van der Waals surface area contributed by atoms with E-state index >= 15 is 0 Å². The Morgan fingerprint density at radius 2 is 2.18 bits per heavy atom. The van der Waals surface area contributed by atoms with Crippen LogP contribution in [0.1, 0.15) is 12.8 Å². The largest absolute Gasteiger partial charge is 0.497 e. The Balaban J connectivity index is 1.92. The maximum absolute atomic E-state index is 5.35. The van der Waals surface area contributed by atoms with Gasteiger partial charge in [-0.15, -0.1) is 0 Å². The molecule has 1 aromatic rings. The molecule has 94 valence electrons. The molecule has 1 N–H and O–H groups in total. The number of methoxy groups -OCH3 is 1. The topological polar surface area (TPSA) is 30.5 Å². The van der Waals surface area contributed by atoms with Crippen LogP contribution in [0.25, 0.3) is 0 Å². The maximum Gasteiger partial charge on any atom is 0.121 e. The molecule has 1 saturated heterocycles. The van der Waals surface area contributed by atoms with Gasteiger partial charge >= 0.3 is 0 Å². The van der Waals surface area contributed by atoms with Crippen molar-refractivity contribution in [2.45, 2.75) is 12.8 Å². The number of rotatable bonds is 4. The van der Waals surface area contributed by atoms with Gasteiger partial charge in [0.2, 0.25) is 0 Å². The normalized spacial score (nSPS) is 16.8. The third kappa shape index (κ3) is 3.61. The average molecular weight is 300 g/mol. The molecular formula is C13H18BrNO2. The first-order valence-electron chi connectivity index (χ1n) is 5.95. The molecule has 2 rings (SSSR count). The van der Waals surface area contributed by atoms with Gasteiger partial charge in [0.25, 0.3) is 0 Å². The van der Waals surface area contributed by atoms with Crippen LogP contribution in [0.4, 0.5) is 5.69 Å². The molecule has 1 aliphatic heterocycles. The fourth-order valence-electron chi connectivity index (χ4n) is 1.97. The number of hydrogen-bond acceptors (Lipinski definition) is 3. The summed E-state index contributed by atoms with van der Waals surface area (Å²) < 4.78 is 11.7. The van der Waals surface area contributed by atoms with Gasteiger partial charge in [0, 0.05) is 30.3 Å². The fourth-order valence-corrected chi connectivity index (χ4v) is 2.36. The van der Waals surface area contributed by atoms with Crippen LogP contribution in [-0.2, 0) is 4.74 Å². The lowest BCUT2D eigenvalue weighted by Gasteiger charge is -2.23. The Kier molecular flexibility index (Phi) is 4.68. The molecule has 0 amide bonds. The van der Waals surface area contributed by atoms with Crippen molar-refractivity contribution in [3.05, 3.63) is 22.7 Å². The molecule has 0 atom stereocenters. The van der Waals surface area contributed by atoms with Crippen LogP contribution in [0.15, 0.2) is 22.7 Å². The van der Waals surface area contributed by atoms with E-state index < -0.39 is 0 Å². The smallest absolute Gasteiger partial charge is 0.121 e. The van der Waals surface area contributed by atoms with Crippen LogP contribution in [0.5, 0.6) is 5.75 Å². The summed E-state index contributed by atoms with van der Waals surface area (Å²) in [6.07, 6.45) is 2.29. The highest BCUT2D eigenvalue weighted by atomic mass is 79.9. The minimum absolute atomic E-state index is 0.710. The average Bonchev–Trinajstić information content (AvgIpc) is 2.39. The van der Waals surface area contributed by atoms with E-state index in [1.165, 1.54) is 0 Å². The standard InChI is InChI=1S/C13H18BrNO2/c1-16-11-2-3-12(14)13(8-11)15-9-10-4-6-17-7-5-10/h2-3,8,10,15H,4-7,9H2,1H3. The molecule has 0 radical (unpaired) electrons. The van der Waals surface area contributed by atoms with Gasteiger partial charge in [0.05, 0.1) is 12.8 Å². The number of halogens is 1. The lowest BCUT2D eigenvalue weighted by molar-refractivity contribution is 0.0699. The maximum atomic E-state index is 5.35. The molecule has 0 saturated carbocycles. The third-order valence-corrected chi connectivity index (χ3v) is 3.79. The second kappa shape index (κ2) is 6.26. The molecule has 0 bridgehead atoms. The molecule has 3 nitrogen and oxygen atoms in total. The molecule has 0 aliphatic carbocycles. The highest BCUT2D eigenvalue weighted by molar-refractivity contribution is 9.10. The van der Waals surface area contributed by atoms with E-state index in [2.05, 4.69) is 21.2 Å². The Bertz CT molecular complexity index is 364. The second-order valence-electron chi connectivity index (χ2n) is 4.28. The highest BCUT2D eigenvalue weighted by Crippen LogP contribution is 2.27. The lowest BCUT2D eigenvalue weighted by Crippen LogP contribution is -2.22. The molecule has 0 spiro atoms. The van der Waals surface area contributed by atoms with E-state index in [-0.39, 0.29) is 0 Å². The molecule has 4 heteroatoms. The van der Waals surface area contributed by atoms with E-state index in [1.807, 2.05) is 18.2 Å². The van der Waals surface area contributed by atoms with Crippen molar-refractivity contribution >= 4 is 21.6 Å². The molecule has 1 aliphatic rings. The van der Waals surface area contributed by atoms with Gasteiger partial charge in [-0.3, -0.25) is 0 Å². The number of nitrogens with one attached hydrogen (secondary N) is 1. The summed E-state index contributed by atoms with van der Waals surface area (Å²) in [5.74, 6) is 1.59. The van der Waals surface area contributed by atoms with Gasteiger partial charge in [-0.05, 0) is 46.8 Å². The zero-order valence-electron chi connectivity index (χ0n) is 10.0. The van der Waals surface area contributed by atoms with Crippen molar-refractivity contribution in [3.63, 3.8) is 0 Å². The highest BCUT2D eigenvalue weighted by Gasteiger charge is 2.13. The van der Waals surface area contributed by atoms with Crippen molar-refractivity contribution in [1.29, 1.82) is 0 Å². The molecule has 1 aromatic carbocycles. The summed E-state index contributed by atoms with van der Waals surface area (Å²) in [5, 5.41) is 3.47. The summed E-state index contributed by atoms with van der Waals surface area (Å²) >= 11 is 3.54. The molecular weight excluding hydrogens is 282 g/mol. The van der Waals surface area contributed by atoms with Crippen LogP contribution < -0.4 is 10.1 Å². The minimum Gasteiger partial charge on any atom is -0.497 e. The van der Waals surface area contributed by atoms with Gasteiger partial charge in [-0.1, -0.05) is 0 Å². The van der Waals surface area contributed by atoms with Crippen molar-refractivity contribution in [2.24, 2.45) is 5.92 Å². The van der Waals surface area contributed by atoms with Gasteiger partial charge in [0.1, 0.15) is 5.75 Å². The lowest BCUT2D eigenvalue weighted by atomic mass is 10.0. The number of benzene rings is 1. The van der Waals surface area contributed by atoms with Crippen molar-refractivity contribution in [3.8, 4) is 5.75 Å². The summed E-state index contributed by atoms with van der Waals surface area (Å²) in [6.45, 7) is 2.78.